The molecule has 0 amide bonds. The average molecular weight is 405 g/mol. The van der Waals surface area contributed by atoms with Crippen molar-refractivity contribution in [2.24, 2.45) is 0 Å². The SMILES string of the molecule is CC=C(CC)C(Cl)=CN(C)Cc1cnc(OCC)c(-c2cccc(Cl)c2)c1. The fourth-order valence-electron chi connectivity index (χ4n) is 2.82. The summed E-state index contributed by atoms with van der Waals surface area (Å²) in [7, 11) is 2.00. The van der Waals surface area contributed by atoms with Crippen LogP contribution in [-0.4, -0.2) is 23.5 Å². The topological polar surface area (TPSA) is 25.4 Å². The Hall–Kier alpha value is -1.97. The first-order valence-corrected chi connectivity index (χ1v) is 9.84. The van der Waals surface area contributed by atoms with E-state index in [1.165, 1.54) is 0 Å². The zero-order valence-corrected chi connectivity index (χ0v) is 17.8. The van der Waals surface area contributed by atoms with Gasteiger partial charge in [-0.15, -0.1) is 0 Å². The Morgan fingerprint density at radius 1 is 1.26 bits per heavy atom. The molecule has 0 N–H and O–H groups in total. The number of allylic oxidation sites excluding steroid dienone is 3. The van der Waals surface area contributed by atoms with Gasteiger partial charge in [-0.25, -0.2) is 4.98 Å². The number of nitrogens with zero attached hydrogens (tertiary/aromatic N) is 2. The van der Waals surface area contributed by atoms with E-state index in [9.17, 15) is 0 Å². The molecule has 5 heteroatoms. The molecule has 0 atom stereocenters. The predicted octanol–water partition coefficient (Wildman–Crippen LogP) is 6.67. The van der Waals surface area contributed by atoms with Gasteiger partial charge in [-0.3, -0.25) is 0 Å². The molecule has 0 aliphatic carbocycles. The highest BCUT2D eigenvalue weighted by Crippen LogP contribution is 2.31. The van der Waals surface area contributed by atoms with Crippen LogP contribution in [0.25, 0.3) is 11.1 Å². The quantitative estimate of drug-likeness (QED) is 0.459. The van der Waals surface area contributed by atoms with Crippen molar-refractivity contribution in [3.8, 4) is 17.0 Å². The first-order chi connectivity index (χ1) is 13.0. The van der Waals surface area contributed by atoms with Crippen LogP contribution in [0.15, 0.2) is 59.4 Å². The van der Waals surface area contributed by atoms with Gasteiger partial charge in [0.15, 0.2) is 0 Å². The van der Waals surface area contributed by atoms with Crippen molar-refractivity contribution in [3.05, 3.63) is 70.0 Å². The Balaban J connectivity index is 2.31. The number of hydrogen-bond acceptors (Lipinski definition) is 3. The molecule has 1 aromatic carbocycles. The molecule has 0 radical (unpaired) electrons. The Kier molecular flexibility index (Phi) is 8.21. The summed E-state index contributed by atoms with van der Waals surface area (Å²) >= 11 is 12.6. The van der Waals surface area contributed by atoms with E-state index in [2.05, 4.69) is 22.9 Å². The highest BCUT2D eigenvalue weighted by Gasteiger charge is 2.11. The Labute approximate surface area is 172 Å². The number of halogens is 2. The van der Waals surface area contributed by atoms with E-state index < -0.39 is 0 Å². The van der Waals surface area contributed by atoms with Crippen LogP contribution in [0, 0.1) is 0 Å². The molecule has 0 saturated carbocycles. The molecule has 0 fully saturated rings. The maximum atomic E-state index is 6.42. The van der Waals surface area contributed by atoms with E-state index in [4.69, 9.17) is 27.9 Å². The van der Waals surface area contributed by atoms with E-state index in [0.717, 1.165) is 33.7 Å². The van der Waals surface area contributed by atoms with Gasteiger partial charge in [0.25, 0.3) is 0 Å². The van der Waals surface area contributed by atoms with Gasteiger partial charge < -0.3 is 9.64 Å². The summed E-state index contributed by atoms with van der Waals surface area (Å²) < 4.78 is 5.71. The number of aromatic nitrogens is 1. The van der Waals surface area contributed by atoms with E-state index in [-0.39, 0.29) is 0 Å². The molecule has 2 aromatic rings. The lowest BCUT2D eigenvalue weighted by atomic mass is 10.1. The third-order valence-electron chi connectivity index (χ3n) is 4.13. The molecule has 3 nitrogen and oxygen atoms in total. The minimum atomic E-state index is 0.557. The molecule has 1 aromatic heterocycles. The van der Waals surface area contributed by atoms with E-state index in [1.807, 2.05) is 63.6 Å². The zero-order valence-electron chi connectivity index (χ0n) is 16.3. The molecule has 0 bridgehead atoms. The summed E-state index contributed by atoms with van der Waals surface area (Å²) in [5.74, 6) is 0.613. The number of hydrogen-bond donors (Lipinski definition) is 0. The van der Waals surface area contributed by atoms with Crippen LogP contribution < -0.4 is 4.74 Å². The number of benzene rings is 1. The summed E-state index contributed by atoms with van der Waals surface area (Å²) in [6.07, 6.45) is 6.75. The van der Waals surface area contributed by atoms with Crippen LogP contribution in [0.2, 0.25) is 5.02 Å². The fraction of sp³-hybridized carbons (Fsp3) is 0.318. The predicted molar refractivity (Wildman–Crippen MR) is 115 cm³/mol. The number of ether oxygens (including phenoxy) is 1. The van der Waals surface area contributed by atoms with Crippen molar-refractivity contribution in [1.82, 2.24) is 9.88 Å². The summed E-state index contributed by atoms with van der Waals surface area (Å²) in [5, 5.41) is 1.45. The maximum absolute atomic E-state index is 6.42. The van der Waals surface area contributed by atoms with Gasteiger partial charge in [0.1, 0.15) is 0 Å². The Morgan fingerprint density at radius 2 is 2.04 bits per heavy atom. The standard InChI is InChI=1S/C22H26Cl2N2O/c1-5-17(6-2)21(24)15-26(4)14-16-11-20(22(25-13-16)27-7-3)18-9-8-10-19(23)12-18/h5,8-13,15H,6-7,14H2,1-4H3. The largest absolute Gasteiger partial charge is 0.478 e. The molecule has 0 aliphatic heterocycles. The molecule has 144 valence electrons. The minimum absolute atomic E-state index is 0.557. The van der Waals surface area contributed by atoms with Gasteiger partial charge in [-0.05, 0) is 55.2 Å². The molecular formula is C22H26Cl2N2O. The first kappa shape index (κ1) is 21.3. The van der Waals surface area contributed by atoms with Gasteiger partial charge in [-0.2, -0.15) is 0 Å². The molecular weight excluding hydrogens is 379 g/mol. The highest BCUT2D eigenvalue weighted by molar-refractivity contribution is 6.32. The summed E-state index contributed by atoms with van der Waals surface area (Å²) in [6, 6.07) is 9.81. The number of pyridine rings is 1. The molecule has 0 spiro atoms. The van der Waals surface area contributed by atoms with Crippen LogP contribution in [0.1, 0.15) is 32.8 Å². The van der Waals surface area contributed by atoms with Crippen LogP contribution in [0.3, 0.4) is 0 Å². The Bertz CT molecular complexity index is 831. The van der Waals surface area contributed by atoms with Crippen LogP contribution >= 0.6 is 23.2 Å². The van der Waals surface area contributed by atoms with Crippen molar-refractivity contribution in [3.63, 3.8) is 0 Å². The second-order valence-electron chi connectivity index (χ2n) is 6.20. The second kappa shape index (κ2) is 10.4. The van der Waals surface area contributed by atoms with Crippen LogP contribution in [0.5, 0.6) is 5.88 Å². The van der Waals surface area contributed by atoms with Crippen molar-refractivity contribution in [2.45, 2.75) is 33.7 Å². The maximum Gasteiger partial charge on any atom is 0.221 e. The van der Waals surface area contributed by atoms with Crippen molar-refractivity contribution < 1.29 is 4.74 Å². The first-order valence-electron chi connectivity index (χ1n) is 9.09. The van der Waals surface area contributed by atoms with Gasteiger partial charge in [0, 0.05) is 36.6 Å². The lowest BCUT2D eigenvalue weighted by Crippen LogP contribution is -2.11. The summed E-state index contributed by atoms with van der Waals surface area (Å²) in [4.78, 5) is 6.57. The highest BCUT2D eigenvalue weighted by atomic mass is 35.5. The molecule has 0 aliphatic rings. The van der Waals surface area contributed by atoms with E-state index in [1.54, 1.807) is 0 Å². The van der Waals surface area contributed by atoms with Gasteiger partial charge in [0.05, 0.1) is 11.6 Å². The summed E-state index contributed by atoms with van der Waals surface area (Å²) in [6.45, 7) is 7.29. The normalized spacial score (nSPS) is 12.2. The lowest BCUT2D eigenvalue weighted by Gasteiger charge is -2.17. The van der Waals surface area contributed by atoms with E-state index >= 15 is 0 Å². The molecule has 0 unspecified atom stereocenters. The zero-order chi connectivity index (χ0) is 19.8. The van der Waals surface area contributed by atoms with Crippen LogP contribution in [0.4, 0.5) is 0 Å². The molecule has 2 rings (SSSR count). The number of rotatable bonds is 8. The van der Waals surface area contributed by atoms with Gasteiger partial charge in [0.2, 0.25) is 5.88 Å². The lowest BCUT2D eigenvalue weighted by molar-refractivity contribution is 0.328. The third kappa shape index (κ3) is 6.02. The molecule has 1 heterocycles. The molecule has 0 saturated heterocycles. The smallest absolute Gasteiger partial charge is 0.221 e. The monoisotopic (exact) mass is 404 g/mol. The van der Waals surface area contributed by atoms with Crippen molar-refractivity contribution in [2.75, 3.05) is 13.7 Å². The second-order valence-corrected chi connectivity index (χ2v) is 7.04. The van der Waals surface area contributed by atoms with Gasteiger partial charge in [-0.1, -0.05) is 48.3 Å². The minimum Gasteiger partial charge on any atom is -0.478 e. The van der Waals surface area contributed by atoms with Gasteiger partial charge >= 0.3 is 0 Å². The molecule has 27 heavy (non-hydrogen) atoms. The average Bonchev–Trinajstić information content (AvgIpc) is 2.64. The van der Waals surface area contributed by atoms with Crippen LogP contribution in [-0.2, 0) is 6.54 Å². The van der Waals surface area contributed by atoms with E-state index in [0.29, 0.717) is 24.1 Å². The fourth-order valence-corrected chi connectivity index (χ4v) is 3.42. The summed E-state index contributed by atoms with van der Waals surface area (Å²) in [5.41, 5.74) is 4.12. The Morgan fingerprint density at radius 3 is 2.67 bits per heavy atom. The van der Waals surface area contributed by atoms with Crippen molar-refractivity contribution >= 4 is 23.2 Å². The van der Waals surface area contributed by atoms with Crippen molar-refractivity contribution in [1.29, 1.82) is 0 Å². The third-order valence-corrected chi connectivity index (χ3v) is 4.70.